The molecule has 0 aliphatic carbocycles. The molecule has 6 heteroatoms. The molecule has 0 aliphatic rings. The van der Waals surface area contributed by atoms with Crippen LogP contribution in [0.1, 0.15) is 10.4 Å². The van der Waals surface area contributed by atoms with Gasteiger partial charge in [-0.2, -0.15) is 0 Å². The molecule has 1 amide bonds. The summed E-state index contributed by atoms with van der Waals surface area (Å²) in [6, 6.07) is 14.4. The molecule has 3 N–H and O–H groups in total. The minimum Gasteiger partial charge on any atom is -0.429 e. The average molecular weight is 243 g/mol. The van der Waals surface area contributed by atoms with Gasteiger partial charge in [-0.05, 0) is 24.3 Å². The van der Waals surface area contributed by atoms with Gasteiger partial charge < -0.3 is 15.4 Å². The number of hydrogen-bond acceptors (Lipinski definition) is 4. The van der Waals surface area contributed by atoms with Crippen molar-refractivity contribution in [2.45, 2.75) is 0 Å². The molecular formula is C12H12BN2O3. The Balaban J connectivity index is 0.000000492. The third kappa shape index (κ3) is 4.77. The van der Waals surface area contributed by atoms with Crippen LogP contribution in [0.2, 0.25) is 0 Å². The zero-order valence-electron chi connectivity index (χ0n) is 9.52. The van der Waals surface area contributed by atoms with Gasteiger partial charge in [0.1, 0.15) is 5.82 Å². The maximum Gasteiger partial charge on any atom is 0.482 e. The summed E-state index contributed by atoms with van der Waals surface area (Å²) in [4.78, 5) is 15.7. The van der Waals surface area contributed by atoms with E-state index in [1.807, 2.05) is 24.3 Å². The number of amides is 1. The van der Waals surface area contributed by atoms with Gasteiger partial charge in [0.25, 0.3) is 5.91 Å². The van der Waals surface area contributed by atoms with Crippen LogP contribution in [0.4, 0.5) is 5.82 Å². The number of carbonyl (C=O) groups is 1. The van der Waals surface area contributed by atoms with Crippen molar-refractivity contribution in [1.82, 2.24) is 4.98 Å². The summed E-state index contributed by atoms with van der Waals surface area (Å²) in [5.74, 6) is 0.417. The van der Waals surface area contributed by atoms with Crippen molar-refractivity contribution in [2.75, 3.05) is 5.32 Å². The van der Waals surface area contributed by atoms with E-state index in [1.165, 1.54) is 0 Å². The second-order valence-corrected chi connectivity index (χ2v) is 3.15. The van der Waals surface area contributed by atoms with Crippen LogP contribution in [0.25, 0.3) is 0 Å². The Hall–Kier alpha value is -2.18. The van der Waals surface area contributed by atoms with E-state index in [0.29, 0.717) is 11.4 Å². The lowest BCUT2D eigenvalue weighted by Gasteiger charge is -2.02. The largest absolute Gasteiger partial charge is 0.482 e. The number of carbonyl (C=O) groups excluding carboxylic acids is 1. The van der Waals surface area contributed by atoms with Crippen LogP contribution in [-0.4, -0.2) is 28.6 Å². The number of hydrogen-bond donors (Lipinski definition) is 3. The highest BCUT2D eigenvalue weighted by molar-refractivity contribution is 6.13. The number of aromatic nitrogens is 1. The first kappa shape index (κ1) is 13.9. The van der Waals surface area contributed by atoms with Gasteiger partial charge in [0.05, 0.1) is 0 Å². The number of nitrogens with one attached hydrogen (secondary N) is 1. The van der Waals surface area contributed by atoms with E-state index in [4.69, 9.17) is 10.0 Å². The summed E-state index contributed by atoms with van der Waals surface area (Å²) in [5.41, 5.74) is 0.628. The van der Waals surface area contributed by atoms with Crippen LogP contribution < -0.4 is 5.32 Å². The van der Waals surface area contributed by atoms with Crippen molar-refractivity contribution in [1.29, 1.82) is 0 Å². The number of benzene rings is 1. The molecule has 0 bridgehead atoms. The number of nitrogens with zero attached hydrogens (tertiary/aromatic N) is 1. The van der Waals surface area contributed by atoms with Crippen LogP contribution in [0.5, 0.6) is 0 Å². The van der Waals surface area contributed by atoms with Gasteiger partial charge in [0, 0.05) is 11.8 Å². The van der Waals surface area contributed by atoms with E-state index in [0.717, 1.165) is 0 Å². The molecule has 0 atom stereocenters. The second-order valence-electron chi connectivity index (χ2n) is 3.15. The fourth-order valence-electron chi connectivity index (χ4n) is 1.21. The maximum atomic E-state index is 11.7. The van der Waals surface area contributed by atoms with E-state index >= 15 is 0 Å². The van der Waals surface area contributed by atoms with Crippen molar-refractivity contribution in [2.24, 2.45) is 0 Å². The predicted molar refractivity (Wildman–Crippen MR) is 68.8 cm³/mol. The molecule has 91 valence electrons. The molecule has 2 rings (SSSR count). The number of rotatable bonds is 2. The Bertz CT molecular complexity index is 465. The first-order valence-corrected chi connectivity index (χ1v) is 5.15. The molecule has 1 aromatic heterocycles. The summed E-state index contributed by atoms with van der Waals surface area (Å²) < 4.78 is 0. The van der Waals surface area contributed by atoms with Crippen molar-refractivity contribution in [3.8, 4) is 0 Å². The highest BCUT2D eigenvalue weighted by Crippen LogP contribution is 2.04. The lowest BCUT2D eigenvalue weighted by Crippen LogP contribution is -2.12. The predicted octanol–water partition coefficient (Wildman–Crippen LogP) is 0.839. The van der Waals surface area contributed by atoms with Gasteiger partial charge in [-0.1, -0.05) is 24.3 Å². The van der Waals surface area contributed by atoms with E-state index in [-0.39, 0.29) is 13.6 Å². The van der Waals surface area contributed by atoms with Gasteiger partial charge in [0.2, 0.25) is 0 Å². The van der Waals surface area contributed by atoms with Crippen molar-refractivity contribution < 1.29 is 14.8 Å². The summed E-state index contributed by atoms with van der Waals surface area (Å²) >= 11 is 0. The first-order valence-electron chi connectivity index (χ1n) is 5.15. The number of pyridine rings is 1. The number of anilines is 1. The smallest absolute Gasteiger partial charge is 0.429 e. The molecule has 0 unspecified atom stereocenters. The summed E-state index contributed by atoms with van der Waals surface area (Å²) in [5, 5.41) is 16.7. The molecule has 0 spiro atoms. The van der Waals surface area contributed by atoms with Crippen LogP contribution in [-0.2, 0) is 0 Å². The lowest BCUT2D eigenvalue weighted by molar-refractivity contribution is 0.102. The minimum atomic E-state index is -0.144. The van der Waals surface area contributed by atoms with Crippen molar-refractivity contribution in [3.63, 3.8) is 0 Å². The Labute approximate surface area is 105 Å². The third-order valence-electron chi connectivity index (χ3n) is 1.94. The summed E-state index contributed by atoms with van der Waals surface area (Å²) in [6.07, 6.45) is 1.64. The SMILES string of the molecule is O=C(Nc1ccccn1)c1ccccc1.O[B]O. The van der Waals surface area contributed by atoms with Gasteiger partial charge in [0.15, 0.2) is 0 Å². The van der Waals surface area contributed by atoms with E-state index < -0.39 is 0 Å². The molecule has 0 saturated heterocycles. The van der Waals surface area contributed by atoms with Crippen molar-refractivity contribution >= 4 is 19.4 Å². The molecule has 0 aliphatic heterocycles. The van der Waals surface area contributed by atoms with Crippen molar-refractivity contribution in [3.05, 3.63) is 60.3 Å². The fourth-order valence-corrected chi connectivity index (χ4v) is 1.21. The van der Waals surface area contributed by atoms with Gasteiger partial charge >= 0.3 is 7.69 Å². The summed E-state index contributed by atoms with van der Waals surface area (Å²) in [7, 11) is 0. The second kappa shape index (κ2) is 8.00. The molecule has 0 saturated carbocycles. The lowest BCUT2D eigenvalue weighted by atomic mass is 10.2. The Morgan fingerprint density at radius 3 is 2.22 bits per heavy atom. The first-order chi connectivity index (χ1) is 8.77. The molecule has 18 heavy (non-hydrogen) atoms. The van der Waals surface area contributed by atoms with Crippen LogP contribution in [0.3, 0.4) is 0 Å². The quantitative estimate of drug-likeness (QED) is 0.682. The van der Waals surface area contributed by atoms with E-state index in [9.17, 15) is 4.79 Å². The molecule has 1 heterocycles. The Morgan fingerprint density at radius 1 is 1.06 bits per heavy atom. The standard InChI is InChI=1S/C12H10N2O.BH2O2/c15-12(10-6-2-1-3-7-10)14-11-8-4-5-9-13-11;2-1-3/h1-9H,(H,13,14,15);2-3H. The van der Waals surface area contributed by atoms with Gasteiger partial charge in [-0.15, -0.1) is 0 Å². The molecule has 1 radical (unpaired) electrons. The Morgan fingerprint density at radius 2 is 1.67 bits per heavy atom. The maximum absolute atomic E-state index is 11.7. The van der Waals surface area contributed by atoms with Crippen LogP contribution >= 0.6 is 0 Å². The molecule has 5 nitrogen and oxygen atoms in total. The minimum absolute atomic E-state index is 0. The average Bonchev–Trinajstić information content (AvgIpc) is 2.42. The fraction of sp³-hybridized carbons (Fsp3) is 0. The highest BCUT2D eigenvalue weighted by atomic mass is 16.4. The highest BCUT2D eigenvalue weighted by Gasteiger charge is 2.04. The van der Waals surface area contributed by atoms with Crippen LogP contribution in [0.15, 0.2) is 54.7 Å². The normalized spacial score (nSPS) is 8.78. The Kier molecular flexibility index (Phi) is 6.17. The van der Waals surface area contributed by atoms with E-state index in [1.54, 1.807) is 30.5 Å². The van der Waals surface area contributed by atoms with E-state index in [2.05, 4.69) is 10.3 Å². The van der Waals surface area contributed by atoms with Gasteiger partial charge in [-0.3, -0.25) is 4.79 Å². The third-order valence-corrected chi connectivity index (χ3v) is 1.94. The monoisotopic (exact) mass is 243 g/mol. The van der Waals surface area contributed by atoms with Gasteiger partial charge in [-0.25, -0.2) is 4.98 Å². The topological polar surface area (TPSA) is 82.5 Å². The van der Waals surface area contributed by atoms with Crippen LogP contribution in [0, 0.1) is 0 Å². The molecule has 0 fully saturated rings. The zero-order valence-corrected chi connectivity index (χ0v) is 9.52. The molecular weight excluding hydrogens is 231 g/mol. The zero-order chi connectivity index (χ0) is 13.2. The molecule has 1 aromatic carbocycles. The molecule has 2 aromatic rings. The summed E-state index contributed by atoms with van der Waals surface area (Å²) in [6.45, 7) is 0.